The summed E-state index contributed by atoms with van der Waals surface area (Å²) >= 11 is 0. The van der Waals surface area contributed by atoms with E-state index in [1.165, 1.54) is 25.7 Å². The van der Waals surface area contributed by atoms with E-state index in [1.807, 2.05) is 0 Å². The molecule has 0 bridgehead atoms. The minimum Gasteiger partial charge on any atom is -0.459 e. The number of carbonyl (C=O) groups is 1. The van der Waals surface area contributed by atoms with Gasteiger partial charge in [-0.3, -0.25) is 4.79 Å². The lowest BCUT2D eigenvalue weighted by Gasteiger charge is -2.59. The Balaban J connectivity index is 2.00. The Morgan fingerprint density at radius 3 is 2.50 bits per heavy atom. The number of hydrogen-bond acceptors (Lipinski definition) is 2. The van der Waals surface area contributed by atoms with E-state index in [0.29, 0.717) is 23.2 Å². The average Bonchev–Trinajstić information content (AvgIpc) is 2.53. The molecule has 4 atom stereocenters. The van der Waals surface area contributed by atoms with E-state index >= 15 is 0 Å². The van der Waals surface area contributed by atoms with Crippen LogP contribution in [0, 0.1) is 22.7 Å². The van der Waals surface area contributed by atoms with E-state index in [-0.39, 0.29) is 11.6 Å². The van der Waals surface area contributed by atoms with E-state index < -0.39 is 0 Å². The zero-order valence-electron chi connectivity index (χ0n) is 12.2. The highest BCUT2D eigenvalue weighted by molar-refractivity contribution is 5.73. The van der Waals surface area contributed by atoms with Gasteiger partial charge in [-0.25, -0.2) is 0 Å². The van der Waals surface area contributed by atoms with Crippen LogP contribution in [0.25, 0.3) is 0 Å². The van der Waals surface area contributed by atoms with Crippen molar-refractivity contribution in [1.29, 1.82) is 0 Å². The summed E-state index contributed by atoms with van der Waals surface area (Å²) in [7, 11) is 0. The van der Waals surface area contributed by atoms with Gasteiger partial charge in [0, 0.05) is 5.92 Å². The molecule has 0 amide bonds. The smallest absolute Gasteiger partial charge is 0.306 e. The molecule has 0 aromatic rings. The molecule has 102 valence electrons. The summed E-state index contributed by atoms with van der Waals surface area (Å²) in [5, 5.41) is 0. The standard InChI is InChI=1S/C16H26O2/c1-14(2)7-5-8-15(3)11(14)6-9-16(4)12(15)10-13(17)18-16/h11-12H,5-10H2,1-4H3/t11-,12-,15+,16-/m1/s1. The molecule has 0 radical (unpaired) electrons. The van der Waals surface area contributed by atoms with Gasteiger partial charge in [-0.1, -0.05) is 27.2 Å². The molecule has 3 rings (SSSR count). The van der Waals surface area contributed by atoms with Gasteiger partial charge in [-0.05, 0) is 49.4 Å². The van der Waals surface area contributed by atoms with Crippen LogP contribution >= 0.6 is 0 Å². The average molecular weight is 250 g/mol. The first-order valence-corrected chi connectivity index (χ1v) is 7.50. The van der Waals surface area contributed by atoms with Gasteiger partial charge in [0.15, 0.2) is 0 Å². The molecule has 1 aliphatic heterocycles. The second kappa shape index (κ2) is 3.52. The third-order valence-electron chi connectivity index (χ3n) is 6.46. The normalized spacial score (nSPS) is 50.3. The second-order valence-electron chi connectivity index (χ2n) is 7.98. The van der Waals surface area contributed by atoms with Gasteiger partial charge in [-0.2, -0.15) is 0 Å². The molecule has 2 nitrogen and oxygen atoms in total. The van der Waals surface area contributed by atoms with E-state index in [0.717, 1.165) is 12.3 Å². The molecule has 2 saturated carbocycles. The highest BCUT2D eigenvalue weighted by Crippen LogP contribution is 2.64. The minimum absolute atomic E-state index is 0.0350. The van der Waals surface area contributed by atoms with E-state index in [4.69, 9.17) is 4.74 Å². The topological polar surface area (TPSA) is 26.3 Å². The van der Waals surface area contributed by atoms with Gasteiger partial charge >= 0.3 is 5.97 Å². The maximum absolute atomic E-state index is 11.8. The fourth-order valence-corrected chi connectivity index (χ4v) is 5.65. The first-order valence-electron chi connectivity index (χ1n) is 7.50. The maximum atomic E-state index is 11.8. The number of ether oxygens (including phenoxy) is 1. The van der Waals surface area contributed by atoms with Gasteiger partial charge in [-0.15, -0.1) is 0 Å². The molecule has 3 aliphatic rings. The van der Waals surface area contributed by atoms with Crippen LogP contribution < -0.4 is 0 Å². The zero-order valence-corrected chi connectivity index (χ0v) is 12.2. The highest BCUT2D eigenvalue weighted by Gasteiger charge is 2.62. The minimum atomic E-state index is -0.171. The zero-order chi connectivity index (χ0) is 13.2. The molecule has 0 spiro atoms. The van der Waals surface area contributed by atoms with Crippen molar-refractivity contribution in [2.24, 2.45) is 22.7 Å². The summed E-state index contributed by atoms with van der Waals surface area (Å²) in [5.41, 5.74) is 0.566. The summed E-state index contributed by atoms with van der Waals surface area (Å²) in [6.07, 6.45) is 6.86. The van der Waals surface area contributed by atoms with Crippen LogP contribution in [0.2, 0.25) is 0 Å². The van der Waals surface area contributed by atoms with Crippen molar-refractivity contribution in [3.63, 3.8) is 0 Å². The van der Waals surface area contributed by atoms with Crippen LogP contribution in [0.5, 0.6) is 0 Å². The second-order valence-corrected chi connectivity index (χ2v) is 7.98. The Morgan fingerprint density at radius 1 is 1.06 bits per heavy atom. The van der Waals surface area contributed by atoms with Crippen LogP contribution in [-0.2, 0) is 9.53 Å². The lowest BCUT2D eigenvalue weighted by atomic mass is 9.45. The Bertz CT molecular complexity index is 387. The number of hydrogen-bond donors (Lipinski definition) is 0. The molecular weight excluding hydrogens is 224 g/mol. The largest absolute Gasteiger partial charge is 0.459 e. The summed E-state index contributed by atoms with van der Waals surface area (Å²) in [6.45, 7) is 9.46. The summed E-state index contributed by atoms with van der Waals surface area (Å²) < 4.78 is 5.70. The fourth-order valence-electron chi connectivity index (χ4n) is 5.65. The third kappa shape index (κ3) is 1.50. The Morgan fingerprint density at radius 2 is 1.78 bits per heavy atom. The Hall–Kier alpha value is -0.530. The SMILES string of the molecule is CC1(C)CCC[C@@]2(C)[C@@H]1CC[C@@]1(C)OC(=O)C[C@H]21. The van der Waals surface area contributed by atoms with Crippen molar-refractivity contribution < 1.29 is 9.53 Å². The van der Waals surface area contributed by atoms with Crippen molar-refractivity contribution in [3.8, 4) is 0 Å². The van der Waals surface area contributed by atoms with Gasteiger partial charge in [0.2, 0.25) is 0 Å². The number of rotatable bonds is 0. The van der Waals surface area contributed by atoms with Gasteiger partial charge in [0.25, 0.3) is 0 Å². The third-order valence-corrected chi connectivity index (χ3v) is 6.46. The first-order chi connectivity index (χ1) is 8.28. The van der Waals surface area contributed by atoms with Crippen molar-refractivity contribution in [2.75, 3.05) is 0 Å². The monoisotopic (exact) mass is 250 g/mol. The van der Waals surface area contributed by atoms with E-state index in [1.54, 1.807) is 0 Å². The van der Waals surface area contributed by atoms with Crippen molar-refractivity contribution in [3.05, 3.63) is 0 Å². The van der Waals surface area contributed by atoms with Gasteiger partial charge in [0.1, 0.15) is 5.60 Å². The molecule has 0 aromatic heterocycles. The van der Waals surface area contributed by atoms with Crippen molar-refractivity contribution >= 4 is 5.97 Å². The van der Waals surface area contributed by atoms with E-state index in [2.05, 4.69) is 27.7 Å². The number of esters is 1. The van der Waals surface area contributed by atoms with Gasteiger partial charge in [0.05, 0.1) is 6.42 Å². The predicted molar refractivity (Wildman–Crippen MR) is 71.1 cm³/mol. The van der Waals surface area contributed by atoms with Crippen molar-refractivity contribution in [2.45, 2.75) is 71.8 Å². The summed E-state index contributed by atoms with van der Waals surface area (Å²) in [6, 6.07) is 0. The number of carbonyl (C=O) groups excluding carboxylic acids is 1. The number of fused-ring (bicyclic) bond motifs is 3. The predicted octanol–water partition coefficient (Wildman–Crippen LogP) is 3.93. The van der Waals surface area contributed by atoms with Crippen LogP contribution in [0.15, 0.2) is 0 Å². The van der Waals surface area contributed by atoms with Crippen LogP contribution in [-0.4, -0.2) is 11.6 Å². The van der Waals surface area contributed by atoms with Gasteiger partial charge < -0.3 is 4.74 Å². The molecule has 2 aliphatic carbocycles. The summed E-state index contributed by atoms with van der Waals surface area (Å²) in [5.74, 6) is 1.23. The van der Waals surface area contributed by atoms with Crippen LogP contribution in [0.3, 0.4) is 0 Å². The van der Waals surface area contributed by atoms with Crippen LogP contribution in [0.1, 0.15) is 66.2 Å². The molecule has 2 heteroatoms. The first kappa shape index (κ1) is 12.5. The molecule has 3 fully saturated rings. The molecule has 0 unspecified atom stereocenters. The lowest BCUT2D eigenvalue weighted by molar-refractivity contribution is -0.164. The lowest BCUT2D eigenvalue weighted by Crippen LogP contribution is -2.55. The molecule has 0 aromatic carbocycles. The molecule has 0 N–H and O–H groups in total. The highest BCUT2D eigenvalue weighted by atomic mass is 16.6. The van der Waals surface area contributed by atoms with E-state index in [9.17, 15) is 4.79 Å². The summed E-state index contributed by atoms with van der Waals surface area (Å²) in [4.78, 5) is 11.8. The molecular formula is C16H26O2. The fraction of sp³-hybridized carbons (Fsp3) is 0.938. The Kier molecular flexibility index (Phi) is 2.44. The molecule has 18 heavy (non-hydrogen) atoms. The quantitative estimate of drug-likeness (QED) is 0.609. The molecule has 1 heterocycles. The van der Waals surface area contributed by atoms with Crippen molar-refractivity contribution in [1.82, 2.24) is 0 Å². The van der Waals surface area contributed by atoms with Crippen LogP contribution in [0.4, 0.5) is 0 Å². The maximum Gasteiger partial charge on any atom is 0.306 e. The Labute approximate surface area is 110 Å². The molecule has 1 saturated heterocycles.